The predicted molar refractivity (Wildman–Crippen MR) is 87.0 cm³/mol. The highest BCUT2D eigenvalue weighted by Gasteiger charge is 2.14. The summed E-state index contributed by atoms with van der Waals surface area (Å²) in [7, 11) is 1.62. The molecule has 0 heterocycles. The molecule has 0 aromatic heterocycles. The maximum Gasteiger partial charge on any atom is 0.251 e. The Bertz CT molecular complexity index is 490. The minimum absolute atomic E-state index is 0.0210. The molecule has 2 amide bonds. The van der Waals surface area contributed by atoms with Crippen molar-refractivity contribution in [2.75, 3.05) is 26.8 Å². The van der Waals surface area contributed by atoms with Crippen LogP contribution in [0.4, 0.5) is 0 Å². The summed E-state index contributed by atoms with van der Waals surface area (Å²) in [5, 5.41) is 5.34. The lowest BCUT2D eigenvalue weighted by molar-refractivity contribution is -0.120. The summed E-state index contributed by atoms with van der Waals surface area (Å²) < 4.78 is 4.89. The van der Waals surface area contributed by atoms with E-state index < -0.39 is 0 Å². The molecule has 0 radical (unpaired) electrons. The fourth-order valence-corrected chi connectivity index (χ4v) is 1.89. The number of ether oxygens (including phenoxy) is 1. The van der Waals surface area contributed by atoms with Crippen LogP contribution in [0.3, 0.4) is 0 Å². The standard InChI is InChI=1S/C17H26N2O3/c1-17(2,3)14-8-6-13(7-9-14)16(21)19-12-15(20)18-10-5-11-22-4/h6-9H,5,10-12H2,1-4H3,(H,18,20)(H,19,21). The van der Waals surface area contributed by atoms with Gasteiger partial charge in [-0.1, -0.05) is 32.9 Å². The molecule has 122 valence electrons. The van der Waals surface area contributed by atoms with E-state index >= 15 is 0 Å². The molecule has 0 saturated heterocycles. The third-order valence-corrected chi connectivity index (χ3v) is 3.27. The van der Waals surface area contributed by atoms with Gasteiger partial charge in [0.1, 0.15) is 0 Å². The van der Waals surface area contributed by atoms with Gasteiger partial charge in [0.25, 0.3) is 5.91 Å². The van der Waals surface area contributed by atoms with Gasteiger partial charge in [-0.2, -0.15) is 0 Å². The molecule has 0 aliphatic rings. The van der Waals surface area contributed by atoms with Gasteiger partial charge in [-0.3, -0.25) is 9.59 Å². The zero-order valence-electron chi connectivity index (χ0n) is 13.9. The molecule has 5 nitrogen and oxygen atoms in total. The second-order valence-electron chi connectivity index (χ2n) is 6.21. The summed E-state index contributed by atoms with van der Waals surface area (Å²) >= 11 is 0. The summed E-state index contributed by atoms with van der Waals surface area (Å²) in [4.78, 5) is 23.5. The number of rotatable bonds is 7. The van der Waals surface area contributed by atoms with Crippen molar-refractivity contribution in [3.63, 3.8) is 0 Å². The second kappa shape index (κ2) is 8.54. The summed E-state index contributed by atoms with van der Waals surface area (Å²) in [6.45, 7) is 7.49. The smallest absolute Gasteiger partial charge is 0.251 e. The van der Waals surface area contributed by atoms with Crippen LogP contribution in [-0.4, -0.2) is 38.6 Å². The van der Waals surface area contributed by atoms with Crippen LogP contribution in [0.5, 0.6) is 0 Å². The van der Waals surface area contributed by atoms with Gasteiger partial charge in [-0.05, 0) is 29.5 Å². The highest BCUT2D eigenvalue weighted by Crippen LogP contribution is 2.22. The molecule has 2 N–H and O–H groups in total. The quantitative estimate of drug-likeness (QED) is 0.756. The molecule has 0 saturated carbocycles. The molecular weight excluding hydrogens is 280 g/mol. The summed E-state index contributed by atoms with van der Waals surface area (Å²) in [5.41, 5.74) is 1.78. The van der Waals surface area contributed by atoms with Crippen molar-refractivity contribution in [3.8, 4) is 0 Å². The fraction of sp³-hybridized carbons (Fsp3) is 0.529. The van der Waals surface area contributed by atoms with Crippen molar-refractivity contribution in [1.29, 1.82) is 0 Å². The number of benzene rings is 1. The van der Waals surface area contributed by atoms with Crippen molar-refractivity contribution >= 4 is 11.8 Å². The maximum atomic E-state index is 12.0. The number of hydrogen-bond acceptors (Lipinski definition) is 3. The Morgan fingerprint density at radius 3 is 2.27 bits per heavy atom. The van der Waals surface area contributed by atoms with E-state index in [9.17, 15) is 9.59 Å². The van der Waals surface area contributed by atoms with Gasteiger partial charge in [0.15, 0.2) is 0 Å². The van der Waals surface area contributed by atoms with Crippen molar-refractivity contribution in [2.24, 2.45) is 0 Å². The van der Waals surface area contributed by atoms with Crippen molar-refractivity contribution < 1.29 is 14.3 Å². The van der Waals surface area contributed by atoms with Gasteiger partial charge >= 0.3 is 0 Å². The van der Waals surface area contributed by atoms with E-state index in [2.05, 4.69) is 31.4 Å². The third kappa shape index (κ3) is 6.26. The van der Waals surface area contributed by atoms with Crippen LogP contribution in [0.2, 0.25) is 0 Å². The van der Waals surface area contributed by atoms with Gasteiger partial charge in [-0.25, -0.2) is 0 Å². The van der Waals surface area contributed by atoms with Gasteiger partial charge in [0, 0.05) is 25.8 Å². The molecule has 0 aliphatic carbocycles. The monoisotopic (exact) mass is 306 g/mol. The molecule has 1 aromatic rings. The van der Waals surface area contributed by atoms with Crippen molar-refractivity contribution in [2.45, 2.75) is 32.6 Å². The number of methoxy groups -OCH3 is 1. The molecule has 1 aromatic carbocycles. The van der Waals surface area contributed by atoms with Gasteiger partial charge < -0.3 is 15.4 Å². The Morgan fingerprint density at radius 2 is 1.73 bits per heavy atom. The second-order valence-corrected chi connectivity index (χ2v) is 6.21. The zero-order valence-corrected chi connectivity index (χ0v) is 13.9. The predicted octanol–water partition coefficient (Wildman–Crippen LogP) is 1.87. The molecule has 22 heavy (non-hydrogen) atoms. The molecule has 0 spiro atoms. The first-order chi connectivity index (χ1) is 10.3. The Balaban J connectivity index is 2.40. The number of nitrogens with one attached hydrogen (secondary N) is 2. The van der Waals surface area contributed by atoms with Gasteiger partial charge in [0.05, 0.1) is 6.54 Å². The maximum absolute atomic E-state index is 12.0. The highest BCUT2D eigenvalue weighted by molar-refractivity contribution is 5.96. The number of carbonyl (C=O) groups excluding carboxylic acids is 2. The van der Waals surface area contributed by atoms with Gasteiger partial charge in [0.2, 0.25) is 5.91 Å². The summed E-state index contributed by atoms with van der Waals surface area (Å²) in [5.74, 6) is -0.441. The first-order valence-electron chi connectivity index (χ1n) is 7.49. The van der Waals surface area contributed by atoms with E-state index in [0.717, 1.165) is 6.42 Å². The Morgan fingerprint density at radius 1 is 1.09 bits per heavy atom. The molecular formula is C17H26N2O3. The number of hydrogen-bond donors (Lipinski definition) is 2. The molecule has 0 bridgehead atoms. The summed E-state index contributed by atoms with van der Waals surface area (Å²) in [6.07, 6.45) is 0.754. The van der Waals surface area contributed by atoms with E-state index in [-0.39, 0.29) is 23.8 Å². The average molecular weight is 306 g/mol. The molecule has 0 unspecified atom stereocenters. The zero-order chi connectivity index (χ0) is 16.6. The first-order valence-corrected chi connectivity index (χ1v) is 7.49. The van der Waals surface area contributed by atoms with Gasteiger partial charge in [-0.15, -0.1) is 0 Å². The van der Waals surface area contributed by atoms with Crippen LogP contribution in [0.1, 0.15) is 43.1 Å². The topological polar surface area (TPSA) is 67.4 Å². The molecule has 0 fully saturated rings. The van der Waals surface area contributed by atoms with Crippen LogP contribution in [0.25, 0.3) is 0 Å². The SMILES string of the molecule is COCCCNC(=O)CNC(=O)c1ccc(C(C)(C)C)cc1. The fourth-order valence-electron chi connectivity index (χ4n) is 1.89. The average Bonchev–Trinajstić information content (AvgIpc) is 2.48. The van der Waals surface area contributed by atoms with E-state index in [4.69, 9.17) is 4.74 Å². The van der Waals surface area contributed by atoms with Crippen LogP contribution in [0.15, 0.2) is 24.3 Å². The molecule has 5 heteroatoms. The van der Waals surface area contributed by atoms with Crippen LogP contribution < -0.4 is 10.6 Å². The van der Waals surface area contributed by atoms with Crippen LogP contribution >= 0.6 is 0 Å². The molecule has 0 atom stereocenters. The van der Waals surface area contributed by atoms with E-state index in [1.54, 1.807) is 19.2 Å². The van der Waals surface area contributed by atoms with E-state index in [1.165, 1.54) is 5.56 Å². The lowest BCUT2D eigenvalue weighted by Crippen LogP contribution is -2.37. The normalized spacial score (nSPS) is 11.1. The Labute approximate surface area is 132 Å². The van der Waals surface area contributed by atoms with E-state index in [0.29, 0.717) is 18.7 Å². The number of carbonyl (C=O) groups is 2. The van der Waals surface area contributed by atoms with E-state index in [1.807, 2.05) is 12.1 Å². The number of amides is 2. The largest absolute Gasteiger partial charge is 0.385 e. The Hall–Kier alpha value is -1.88. The lowest BCUT2D eigenvalue weighted by Gasteiger charge is -2.19. The van der Waals surface area contributed by atoms with Crippen LogP contribution in [0, 0.1) is 0 Å². The molecule has 1 rings (SSSR count). The highest BCUT2D eigenvalue weighted by atomic mass is 16.5. The first kappa shape index (κ1) is 18.2. The lowest BCUT2D eigenvalue weighted by atomic mass is 9.87. The third-order valence-electron chi connectivity index (χ3n) is 3.27. The minimum Gasteiger partial charge on any atom is -0.385 e. The summed E-state index contributed by atoms with van der Waals surface area (Å²) in [6, 6.07) is 7.46. The minimum atomic E-state index is -0.243. The van der Waals surface area contributed by atoms with Crippen molar-refractivity contribution in [3.05, 3.63) is 35.4 Å². The Kier molecular flexibility index (Phi) is 7.05. The van der Waals surface area contributed by atoms with Crippen molar-refractivity contribution in [1.82, 2.24) is 10.6 Å². The van der Waals surface area contributed by atoms with Crippen LogP contribution in [-0.2, 0) is 14.9 Å². The molecule has 0 aliphatic heterocycles.